The smallest absolute Gasteiger partial charge is 0.255 e. The van der Waals surface area contributed by atoms with Crippen molar-refractivity contribution in [3.05, 3.63) is 99.8 Å². The fourth-order valence-corrected chi connectivity index (χ4v) is 4.63. The highest BCUT2D eigenvalue weighted by atomic mass is 19.2. The van der Waals surface area contributed by atoms with Gasteiger partial charge >= 0.3 is 0 Å². The van der Waals surface area contributed by atoms with Gasteiger partial charge in [-0.15, -0.1) is 0 Å². The highest BCUT2D eigenvalue weighted by Gasteiger charge is 2.26. The summed E-state index contributed by atoms with van der Waals surface area (Å²) in [6.07, 6.45) is 3.18. The van der Waals surface area contributed by atoms with Crippen molar-refractivity contribution in [3.8, 4) is 11.8 Å². The molecule has 1 amide bonds. The molecule has 4 aromatic rings. The highest BCUT2D eigenvalue weighted by molar-refractivity contribution is 6.04. The van der Waals surface area contributed by atoms with Crippen LogP contribution in [-0.2, 0) is 6.54 Å². The average Bonchev–Trinajstić information content (AvgIpc) is 2.97. The van der Waals surface area contributed by atoms with Gasteiger partial charge in [0.05, 0.1) is 5.52 Å². The van der Waals surface area contributed by atoms with Crippen LogP contribution in [0.2, 0.25) is 0 Å². The van der Waals surface area contributed by atoms with Gasteiger partial charge < -0.3 is 10.2 Å². The first-order valence-electron chi connectivity index (χ1n) is 12.9. The van der Waals surface area contributed by atoms with Crippen LogP contribution in [0.4, 0.5) is 18.9 Å². The lowest BCUT2D eigenvalue weighted by molar-refractivity contribution is 0.102. The van der Waals surface area contributed by atoms with Crippen molar-refractivity contribution in [2.75, 3.05) is 38.5 Å². The maximum atomic E-state index is 15.3. The minimum atomic E-state index is -1.41. The number of carbonyl (C=O) groups excluding carboxylic acids is 1. The molecule has 40 heavy (non-hydrogen) atoms. The molecule has 0 atom stereocenters. The summed E-state index contributed by atoms with van der Waals surface area (Å²) < 4.78 is 45.5. The van der Waals surface area contributed by atoms with Crippen LogP contribution in [0.5, 0.6) is 0 Å². The lowest BCUT2D eigenvalue weighted by atomic mass is 10.0. The molecule has 204 valence electrons. The lowest BCUT2D eigenvalue weighted by Gasteiger charge is -2.32. The molecule has 1 aliphatic heterocycles. The monoisotopic (exact) mass is 543 g/mol. The molecule has 5 rings (SSSR count). The molecule has 1 N–H and O–H groups in total. The van der Waals surface area contributed by atoms with E-state index in [0.717, 1.165) is 35.1 Å². The predicted octanol–water partition coefficient (Wildman–Crippen LogP) is 5.06. The quantitative estimate of drug-likeness (QED) is 0.288. The number of aromatic nitrogens is 2. The Hall–Kier alpha value is -4.26. The number of benzene rings is 3. The molecule has 6 nitrogen and oxygen atoms in total. The minimum absolute atomic E-state index is 0.0238. The number of hydrogen-bond acceptors (Lipinski definition) is 5. The van der Waals surface area contributed by atoms with Gasteiger partial charge in [-0.1, -0.05) is 24.0 Å². The van der Waals surface area contributed by atoms with Gasteiger partial charge in [0.1, 0.15) is 12.0 Å². The van der Waals surface area contributed by atoms with Gasteiger partial charge in [-0.05, 0) is 56.3 Å². The Bertz CT molecular complexity index is 1640. The highest BCUT2D eigenvalue weighted by Crippen LogP contribution is 2.30. The summed E-state index contributed by atoms with van der Waals surface area (Å²) in [5.74, 6) is 1.81. The van der Waals surface area contributed by atoms with E-state index in [4.69, 9.17) is 0 Å². The zero-order valence-electron chi connectivity index (χ0n) is 22.5. The fraction of sp³-hybridized carbons (Fsp3) is 0.258. The van der Waals surface area contributed by atoms with Gasteiger partial charge in [0.15, 0.2) is 17.5 Å². The van der Waals surface area contributed by atoms with Crippen molar-refractivity contribution in [2.45, 2.75) is 20.4 Å². The molecule has 0 radical (unpaired) electrons. The van der Waals surface area contributed by atoms with E-state index in [0.29, 0.717) is 18.7 Å². The lowest BCUT2D eigenvalue weighted by Crippen LogP contribution is -2.44. The molecule has 3 aromatic carbocycles. The Morgan fingerprint density at radius 1 is 0.975 bits per heavy atom. The standard InChI is InChI=1S/C31H28F3N5O/c1-19-4-7-23(15-22(19)8-5-21-6-9-24-16-35-18-36-26(24)14-21)31(40)37-30-27(32)20(2)25(28(33)29(30)34)17-39-12-10-38(3)11-13-39/h4,6-7,9,14-16,18H,10-13,17H2,1-3H3,(H,37,40). The van der Waals surface area contributed by atoms with Crippen LogP contribution in [-0.4, -0.2) is 58.9 Å². The number of amides is 1. The summed E-state index contributed by atoms with van der Waals surface area (Å²) in [5.41, 5.74) is 2.16. The van der Waals surface area contributed by atoms with E-state index in [9.17, 15) is 4.79 Å². The number of hydrogen-bond donors (Lipinski definition) is 1. The second-order valence-corrected chi connectivity index (χ2v) is 10.0. The number of fused-ring (bicyclic) bond motifs is 1. The molecular formula is C31H28F3N5O. The van der Waals surface area contributed by atoms with Crippen LogP contribution < -0.4 is 5.32 Å². The van der Waals surface area contributed by atoms with Crippen LogP contribution in [0.1, 0.15) is 38.2 Å². The minimum Gasteiger partial charge on any atom is -0.317 e. The first-order valence-corrected chi connectivity index (χ1v) is 12.9. The topological polar surface area (TPSA) is 61.4 Å². The van der Waals surface area contributed by atoms with Crippen molar-refractivity contribution in [1.82, 2.24) is 19.8 Å². The molecule has 1 fully saturated rings. The van der Waals surface area contributed by atoms with Crippen LogP contribution in [0.25, 0.3) is 10.9 Å². The van der Waals surface area contributed by atoms with Crippen molar-refractivity contribution in [3.63, 3.8) is 0 Å². The Morgan fingerprint density at radius 2 is 1.75 bits per heavy atom. The van der Waals surface area contributed by atoms with Gasteiger partial charge in [-0.2, -0.15) is 0 Å². The summed E-state index contributed by atoms with van der Waals surface area (Å²) in [6, 6.07) is 10.3. The van der Waals surface area contributed by atoms with Gasteiger partial charge in [-0.3, -0.25) is 9.69 Å². The van der Waals surface area contributed by atoms with E-state index in [1.807, 2.05) is 37.1 Å². The summed E-state index contributed by atoms with van der Waals surface area (Å²) in [4.78, 5) is 25.3. The number of rotatable bonds is 4. The number of carbonyl (C=O) groups is 1. The van der Waals surface area contributed by atoms with Gasteiger partial charge in [0.25, 0.3) is 5.91 Å². The molecule has 1 aliphatic rings. The van der Waals surface area contributed by atoms with Crippen molar-refractivity contribution in [1.29, 1.82) is 0 Å². The molecule has 0 bridgehead atoms. The summed E-state index contributed by atoms with van der Waals surface area (Å²) in [5, 5.41) is 3.13. The Morgan fingerprint density at radius 3 is 2.52 bits per heavy atom. The first kappa shape index (κ1) is 27.3. The molecule has 0 spiro atoms. The van der Waals surface area contributed by atoms with Crippen molar-refractivity contribution in [2.24, 2.45) is 0 Å². The summed E-state index contributed by atoms with van der Waals surface area (Å²) >= 11 is 0. The van der Waals surface area contributed by atoms with E-state index in [-0.39, 0.29) is 23.2 Å². The van der Waals surface area contributed by atoms with Crippen LogP contribution in [0.3, 0.4) is 0 Å². The Kier molecular flexibility index (Phi) is 7.83. The molecule has 0 aliphatic carbocycles. The van der Waals surface area contributed by atoms with Gasteiger partial charge in [0.2, 0.25) is 0 Å². The third kappa shape index (κ3) is 5.69. The SMILES string of the molecule is Cc1ccc(C(=O)Nc2c(F)c(C)c(CN3CCN(C)CC3)c(F)c2F)cc1C#Cc1ccc2cncnc2c1. The number of halogens is 3. The van der Waals surface area contributed by atoms with Gasteiger partial charge in [0, 0.05) is 66.6 Å². The molecule has 0 unspecified atom stereocenters. The maximum absolute atomic E-state index is 15.3. The molecular weight excluding hydrogens is 515 g/mol. The average molecular weight is 544 g/mol. The van der Waals surface area contributed by atoms with E-state index in [1.54, 1.807) is 18.3 Å². The summed E-state index contributed by atoms with van der Waals surface area (Å²) in [6.45, 7) is 6.27. The van der Waals surface area contributed by atoms with Crippen LogP contribution in [0.15, 0.2) is 48.9 Å². The van der Waals surface area contributed by atoms with E-state index in [1.165, 1.54) is 19.3 Å². The normalized spacial score (nSPS) is 14.2. The number of likely N-dealkylation sites (N-methyl/N-ethyl adjacent to an activating group) is 1. The number of aryl methyl sites for hydroxylation is 1. The zero-order chi connectivity index (χ0) is 28.4. The summed E-state index contributed by atoms with van der Waals surface area (Å²) in [7, 11) is 1.99. The van der Waals surface area contributed by atoms with Crippen molar-refractivity contribution >= 4 is 22.5 Å². The van der Waals surface area contributed by atoms with E-state index < -0.39 is 29.0 Å². The Labute approximate surface area is 230 Å². The largest absolute Gasteiger partial charge is 0.317 e. The van der Waals surface area contributed by atoms with Crippen LogP contribution in [0, 0.1) is 43.1 Å². The predicted molar refractivity (Wildman–Crippen MR) is 148 cm³/mol. The third-order valence-corrected chi connectivity index (χ3v) is 7.24. The van der Waals surface area contributed by atoms with E-state index >= 15 is 13.2 Å². The molecule has 2 heterocycles. The molecule has 1 aromatic heterocycles. The second kappa shape index (κ2) is 11.5. The zero-order valence-corrected chi connectivity index (χ0v) is 22.5. The molecule has 9 heteroatoms. The number of nitrogens with zero attached hydrogens (tertiary/aromatic N) is 4. The second-order valence-electron chi connectivity index (χ2n) is 10.0. The van der Waals surface area contributed by atoms with Crippen molar-refractivity contribution < 1.29 is 18.0 Å². The number of piperazine rings is 1. The third-order valence-electron chi connectivity index (χ3n) is 7.24. The first-order chi connectivity index (χ1) is 19.2. The maximum Gasteiger partial charge on any atom is 0.255 e. The van der Waals surface area contributed by atoms with Crippen LogP contribution >= 0.6 is 0 Å². The van der Waals surface area contributed by atoms with E-state index in [2.05, 4.69) is 32.0 Å². The molecule has 0 saturated carbocycles. The molecule has 1 saturated heterocycles. The Balaban J connectivity index is 1.37. The van der Waals surface area contributed by atoms with Gasteiger partial charge in [-0.25, -0.2) is 23.1 Å². The number of anilines is 1. The fourth-order valence-electron chi connectivity index (χ4n) is 4.63. The number of nitrogens with one attached hydrogen (secondary N) is 1.